The molecule has 0 spiro atoms. The zero-order valence-electron chi connectivity index (χ0n) is 12.3. The van der Waals surface area contributed by atoms with Crippen LogP contribution in [0.1, 0.15) is 53.4 Å². The quantitative estimate of drug-likeness (QED) is 0.718. The third-order valence-corrected chi connectivity index (χ3v) is 4.24. The SMILES string of the molecule is CCCNCC(C)N1CCCC(C(C)C)CC1. The normalized spacial score (nSPS) is 24.9. The molecule has 2 unspecified atom stereocenters. The van der Waals surface area contributed by atoms with E-state index >= 15 is 0 Å². The summed E-state index contributed by atoms with van der Waals surface area (Å²) in [5, 5.41) is 3.54. The summed E-state index contributed by atoms with van der Waals surface area (Å²) in [5.74, 6) is 1.82. The van der Waals surface area contributed by atoms with Gasteiger partial charge in [0.15, 0.2) is 0 Å². The van der Waals surface area contributed by atoms with Gasteiger partial charge in [-0.1, -0.05) is 20.8 Å². The second-order valence-corrected chi connectivity index (χ2v) is 6.02. The lowest BCUT2D eigenvalue weighted by molar-refractivity contribution is 0.206. The number of hydrogen-bond donors (Lipinski definition) is 1. The van der Waals surface area contributed by atoms with Gasteiger partial charge in [0.1, 0.15) is 0 Å². The summed E-state index contributed by atoms with van der Waals surface area (Å²) >= 11 is 0. The molecule has 102 valence electrons. The molecule has 1 saturated heterocycles. The maximum absolute atomic E-state index is 3.54. The molecule has 0 radical (unpaired) electrons. The van der Waals surface area contributed by atoms with Gasteiger partial charge in [-0.3, -0.25) is 4.90 Å². The molecule has 0 aromatic heterocycles. The summed E-state index contributed by atoms with van der Waals surface area (Å²) in [5.41, 5.74) is 0. The van der Waals surface area contributed by atoms with Crippen molar-refractivity contribution in [2.45, 2.75) is 59.4 Å². The number of hydrogen-bond acceptors (Lipinski definition) is 2. The van der Waals surface area contributed by atoms with E-state index in [1.807, 2.05) is 0 Å². The van der Waals surface area contributed by atoms with E-state index in [0.717, 1.165) is 24.9 Å². The van der Waals surface area contributed by atoms with Crippen LogP contribution in [0.5, 0.6) is 0 Å². The fraction of sp³-hybridized carbons (Fsp3) is 1.00. The Morgan fingerprint density at radius 3 is 2.59 bits per heavy atom. The van der Waals surface area contributed by atoms with Crippen molar-refractivity contribution in [2.24, 2.45) is 11.8 Å². The minimum Gasteiger partial charge on any atom is -0.315 e. The largest absolute Gasteiger partial charge is 0.315 e. The summed E-state index contributed by atoms with van der Waals surface area (Å²) in [6, 6.07) is 0.701. The first-order valence-electron chi connectivity index (χ1n) is 7.59. The highest BCUT2D eigenvalue weighted by Gasteiger charge is 2.21. The van der Waals surface area contributed by atoms with Crippen molar-refractivity contribution in [3.05, 3.63) is 0 Å². The van der Waals surface area contributed by atoms with E-state index in [4.69, 9.17) is 0 Å². The van der Waals surface area contributed by atoms with Gasteiger partial charge in [0, 0.05) is 12.6 Å². The molecule has 1 aliphatic rings. The third kappa shape index (κ3) is 5.39. The molecule has 0 bridgehead atoms. The molecule has 0 aromatic rings. The van der Waals surface area contributed by atoms with Crippen molar-refractivity contribution in [2.75, 3.05) is 26.2 Å². The monoisotopic (exact) mass is 240 g/mol. The predicted molar refractivity (Wildman–Crippen MR) is 76.4 cm³/mol. The van der Waals surface area contributed by atoms with E-state index in [9.17, 15) is 0 Å². The molecule has 1 aliphatic heterocycles. The van der Waals surface area contributed by atoms with Crippen LogP contribution in [0.4, 0.5) is 0 Å². The Balaban J connectivity index is 2.29. The molecule has 0 aliphatic carbocycles. The Labute approximate surface area is 108 Å². The van der Waals surface area contributed by atoms with Gasteiger partial charge in [-0.05, 0) is 64.1 Å². The predicted octanol–water partition coefficient (Wildman–Crippen LogP) is 3.13. The van der Waals surface area contributed by atoms with Crippen molar-refractivity contribution in [1.82, 2.24) is 10.2 Å². The second kappa shape index (κ2) is 8.10. The first kappa shape index (κ1) is 15.0. The van der Waals surface area contributed by atoms with Crippen LogP contribution in [0.3, 0.4) is 0 Å². The first-order chi connectivity index (χ1) is 8.15. The molecule has 1 heterocycles. The molecule has 2 atom stereocenters. The van der Waals surface area contributed by atoms with Gasteiger partial charge >= 0.3 is 0 Å². The molecular formula is C15H32N2. The van der Waals surface area contributed by atoms with E-state index in [1.165, 1.54) is 38.8 Å². The summed E-state index contributed by atoms with van der Waals surface area (Å²) in [6.45, 7) is 14.3. The highest BCUT2D eigenvalue weighted by atomic mass is 15.2. The van der Waals surface area contributed by atoms with Gasteiger partial charge in [-0.15, -0.1) is 0 Å². The zero-order valence-corrected chi connectivity index (χ0v) is 12.3. The zero-order chi connectivity index (χ0) is 12.7. The number of nitrogens with zero attached hydrogens (tertiary/aromatic N) is 1. The minimum absolute atomic E-state index is 0.701. The van der Waals surface area contributed by atoms with Gasteiger partial charge in [0.25, 0.3) is 0 Å². The van der Waals surface area contributed by atoms with E-state index in [2.05, 4.69) is 37.9 Å². The fourth-order valence-corrected chi connectivity index (χ4v) is 2.87. The van der Waals surface area contributed by atoms with Gasteiger partial charge < -0.3 is 5.32 Å². The van der Waals surface area contributed by atoms with Crippen LogP contribution < -0.4 is 5.32 Å². The van der Waals surface area contributed by atoms with Crippen LogP contribution in [0.15, 0.2) is 0 Å². The molecule has 0 amide bonds. The van der Waals surface area contributed by atoms with Crippen LogP contribution in [-0.4, -0.2) is 37.1 Å². The van der Waals surface area contributed by atoms with Gasteiger partial charge in [-0.25, -0.2) is 0 Å². The maximum atomic E-state index is 3.54. The summed E-state index contributed by atoms with van der Waals surface area (Å²) in [4.78, 5) is 2.69. The summed E-state index contributed by atoms with van der Waals surface area (Å²) in [7, 11) is 0. The van der Waals surface area contributed by atoms with Crippen LogP contribution >= 0.6 is 0 Å². The van der Waals surface area contributed by atoms with E-state index < -0.39 is 0 Å². The van der Waals surface area contributed by atoms with Gasteiger partial charge in [-0.2, -0.15) is 0 Å². The number of likely N-dealkylation sites (tertiary alicyclic amines) is 1. The highest BCUT2D eigenvalue weighted by molar-refractivity contribution is 4.76. The molecular weight excluding hydrogens is 208 g/mol. The smallest absolute Gasteiger partial charge is 0.0192 e. The van der Waals surface area contributed by atoms with Gasteiger partial charge in [0.2, 0.25) is 0 Å². The standard InChI is InChI=1S/C15H32N2/c1-5-9-16-12-14(4)17-10-6-7-15(8-11-17)13(2)3/h13-16H,5-12H2,1-4H3. The Bertz CT molecular complexity index is 191. The second-order valence-electron chi connectivity index (χ2n) is 6.02. The average molecular weight is 240 g/mol. The van der Waals surface area contributed by atoms with Gasteiger partial charge in [0.05, 0.1) is 0 Å². The Morgan fingerprint density at radius 2 is 1.94 bits per heavy atom. The molecule has 1 fully saturated rings. The molecule has 1 N–H and O–H groups in total. The minimum atomic E-state index is 0.701. The molecule has 0 aromatic carbocycles. The molecule has 17 heavy (non-hydrogen) atoms. The van der Waals surface area contributed by atoms with Crippen molar-refractivity contribution in [3.8, 4) is 0 Å². The third-order valence-electron chi connectivity index (χ3n) is 4.24. The summed E-state index contributed by atoms with van der Waals surface area (Å²) in [6.07, 6.45) is 5.46. The lowest BCUT2D eigenvalue weighted by Crippen LogP contribution is -2.41. The van der Waals surface area contributed by atoms with Crippen LogP contribution in [0.25, 0.3) is 0 Å². The molecule has 2 nitrogen and oxygen atoms in total. The number of nitrogens with one attached hydrogen (secondary N) is 1. The Kier molecular flexibility index (Phi) is 7.14. The molecule has 2 heteroatoms. The lowest BCUT2D eigenvalue weighted by Gasteiger charge is -2.28. The van der Waals surface area contributed by atoms with Crippen molar-refractivity contribution >= 4 is 0 Å². The Morgan fingerprint density at radius 1 is 1.18 bits per heavy atom. The van der Waals surface area contributed by atoms with Crippen molar-refractivity contribution < 1.29 is 0 Å². The Hall–Kier alpha value is -0.0800. The molecule has 1 rings (SSSR count). The fourth-order valence-electron chi connectivity index (χ4n) is 2.87. The van der Waals surface area contributed by atoms with Crippen LogP contribution in [-0.2, 0) is 0 Å². The van der Waals surface area contributed by atoms with Crippen molar-refractivity contribution in [3.63, 3.8) is 0 Å². The maximum Gasteiger partial charge on any atom is 0.0192 e. The van der Waals surface area contributed by atoms with E-state index in [-0.39, 0.29) is 0 Å². The summed E-state index contributed by atoms with van der Waals surface area (Å²) < 4.78 is 0. The lowest BCUT2D eigenvalue weighted by atomic mass is 9.89. The van der Waals surface area contributed by atoms with Crippen LogP contribution in [0, 0.1) is 11.8 Å². The average Bonchev–Trinajstić information content (AvgIpc) is 2.54. The van der Waals surface area contributed by atoms with E-state index in [0.29, 0.717) is 6.04 Å². The highest BCUT2D eigenvalue weighted by Crippen LogP contribution is 2.25. The topological polar surface area (TPSA) is 15.3 Å². The van der Waals surface area contributed by atoms with Crippen molar-refractivity contribution in [1.29, 1.82) is 0 Å². The number of rotatable bonds is 6. The first-order valence-corrected chi connectivity index (χ1v) is 7.59. The van der Waals surface area contributed by atoms with E-state index in [1.54, 1.807) is 0 Å². The van der Waals surface area contributed by atoms with Crippen LogP contribution in [0.2, 0.25) is 0 Å². The molecule has 0 saturated carbocycles.